The van der Waals surface area contributed by atoms with E-state index in [1.165, 1.54) is 11.5 Å². The van der Waals surface area contributed by atoms with Gasteiger partial charge in [-0.3, -0.25) is 9.59 Å². The third-order valence-electron chi connectivity index (χ3n) is 5.90. The molecule has 2 aromatic heterocycles. The number of nitrogens with zero attached hydrogens (tertiary/aromatic N) is 5. The summed E-state index contributed by atoms with van der Waals surface area (Å²) in [5.41, 5.74) is 8.16. The number of hydrogen-bond acceptors (Lipinski definition) is 9. The van der Waals surface area contributed by atoms with Crippen LogP contribution >= 0.6 is 11.5 Å². The van der Waals surface area contributed by atoms with Crippen LogP contribution in [0, 0.1) is 12.8 Å². The molecule has 1 aromatic carbocycles. The summed E-state index contributed by atoms with van der Waals surface area (Å²) in [5.74, 6) is 0.520. The van der Waals surface area contributed by atoms with E-state index in [0.29, 0.717) is 23.7 Å². The molecule has 1 fully saturated rings. The van der Waals surface area contributed by atoms with E-state index in [2.05, 4.69) is 29.9 Å². The summed E-state index contributed by atoms with van der Waals surface area (Å²) in [6, 6.07) is 9.42. The average Bonchev–Trinajstić information content (AvgIpc) is 3.27. The zero-order chi connectivity index (χ0) is 24.9. The minimum atomic E-state index is -0.648. The molecule has 1 aliphatic rings. The predicted molar refractivity (Wildman–Crippen MR) is 139 cm³/mol. The molecule has 0 bridgehead atoms. The number of aryl methyl sites for hydroxylation is 1. The smallest absolute Gasteiger partial charge is 0.271 e. The zero-order valence-corrected chi connectivity index (χ0v) is 20.9. The zero-order valence-electron chi connectivity index (χ0n) is 20.1. The summed E-state index contributed by atoms with van der Waals surface area (Å²) < 4.78 is 4.25. The molecule has 0 radical (unpaired) electrons. The third-order valence-corrected chi connectivity index (χ3v) is 6.70. The maximum absolute atomic E-state index is 12.6. The monoisotopic (exact) mass is 494 g/mol. The van der Waals surface area contributed by atoms with E-state index in [-0.39, 0.29) is 17.5 Å². The summed E-state index contributed by atoms with van der Waals surface area (Å²) in [5, 5.41) is 6.95. The van der Waals surface area contributed by atoms with Crippen LogP contribution in [0.5, 0.6) is 0 Å². The lowest BCUT2D eigenvalue weighted by molar-refractivity contribution is 0.0944. The summed E-state index contributed by atoms with van der Waals surface area (Å²) >= 11 is 1.28. The van der Waals surface area contributed by atoms with Gasteiger partial charge in [0, 0.05) is 45.0 Å². The number of amides is 2. The Morgan fingerprint density at radius 1 is 1.26 bits per heavy atom. The number of rotatable bonds is 8. The van der Waals surface area contributed by atoms with Crippen molar-refractivity contribution in [2.24, 2.45) is 11.7 Å². The van der Waals surface area contributed by atoms with Crippen LogP contribution in [0.3, 0.4) is 0 Å². The predicted octanol–water partition coefficient (Wildman–Crippen LogP) is 2.80. The Kier molecular flexibility index (Phi) is 7.45. The van der Waals surface area contributed by atoms with E-state index in [1.54, 1.807) is 6.20 Å². The van der Waals surface area contributed by atoms with Crippen LogP contribution in [0.1, 0.15) is 39.4 Å². The number of nitrogens with two attached hydrogens (primary N) is 1. The lowest BCUT2D eigenvalue weighted by atomic mass is 9.98. The van der Waals surface area contributed by atoms with Crippen molar-refractivity contribution >= 4 is 45.7 Å². The fourth-order valence-electron chi connectivity index (χ4n) is 4.03. The van der Waals surface area contributed by atoms with Crippen molar-refractivity contribution in [2.45, 2.75) is 19.8 Å². The van der Waals surface area contributed by atoms with E-state index < -0.39 is 5.91 Å². The first kappa shape index (κ1) is 24.4. The number of hydrogen-bond donors (Lipinski definition) is 3. The van der Waals surface area contributed by atoms with Crippen LogP contribution in [0.2, 0.25) is 0 Å². The second kappa shape index (κ2) is 10.7. The summed E-state index contributed by atoms with van der Waals surface area (Å²) in [6.45, 7) is 4.01. The second-order valence-corrected chi connectivity index (χ2v) is 9.66. The van der Waals surface area contributed by atoms with Crippen molar-refractivity contribution < 1.29 is 9.59 Å². The molecule has 4 rings (SSSR count). The van der Waals surface area contributed by atoms with E-state index >= 15 is 0 Å². The molecule has 3 heterocycles. The Bertz CT molecular complexity index is 1190. The number of aromatic nitrogens is 3. The lowest BCUT2D eigenvalue weighted by Gasteiger charge is -2.33. The van der Waals surface area contributed by atoms with Crippen molar-refractivity contribution in [1.29, 1.82) is 0 Å². The molecule has 1 aliphatic heterocycles. The molecule has 0 saturated carbocycles. The fourth-order valence-corrected chi connectivity index (χ4v) is 4.69. The van der Waals surface area contributed by atoms with Crippen molar-refractivity contribution in [3.05, 3.63) is 53.5 Å². The topological polar surface area (TPSA) is 129 Å². The van der Waals surface area contributed by atoms with Crippen LogP contribution < -0.4 is 26.2 Å². The third kappa shape index (κ3) is 6.04. The van der Waals surface area contributed by atoms with Crippen LogP contribution in [-0.2, 0) is 0 Å². The van der Waals surface area contributed by atoms with Gasteiger partial charge in [-0.1, -0.05) is 0 Å². The van der Waals surface area contributed by atoms with Crippen LogP contribution in [-0.4, -0.2) is 59.9 Å². The quantitative estimate of drug-likeness (QED) is 0.436. The van der Waals surface area contributed by atoms with Gasteiger partial charge in [0.25, 0.3) is 11.8 Å². The van der Waals surface area contributed by atoms with Gasteiger partial charge in [-0.15, -0.1) is 0 Å². The summed E-state index contributed by atoms with van der Waals surface area (Å²) in [4.78, 5) is 37.6. The number of primary amides is 1. The molecule has 0 aliphatic carbocycles. The molecule has 10 nitrogen and oxygen atoms in total. The number of nitrogens with one attached hydrogen (secondary N) is 2. The fraction of sp³-hybridized carbons (Fsp3) is 0.375. The summed E-state index contributed by atoms with van der Waals surface area (Å²) in [6.07, 6.45) is 3.55. The first-order valence-corrected chi connectivity index (χ1v) is 12.2. The highest BCUT2D eigenvalue weighted by Crippen LogP contribution is 2.26. The van der Waals surface area contributed by atoms with Gasteiger partial charge in [-0.05, 0) is 67.5 Å². The average molecular weight is 495 g/mol. The van der Waals surface area contributed by atoms with Crippen molar-refractivity contribution in [3.8, 4) is 0 Å². The van der Waals surface area contributed by atoms with E-state index in [0.717, 1.165) is 42.3 Å². The van der Waals surface area contributed by atoms with Gasteiger partial charge in [0.05, 0.1) is 11.9 Å². The Morgan fingerprint density at radius 3 is 2.69 bits per heavy atom. The number of carbonyl (C=O) groups is 2. The van der Waals surface area contributed by atoms with Crippen molar-refractivity contribution in [3.63, 3.8) is 0 Å². The first-order chi connectivity index (χ1) is 16.8. The standard InChI is InChI=1S/C24H30N8O2S/c1-15-11-20(35-30-15)29-23-21(22(25)33)26-13-19(28-23)32-10-4-5-16(14-32)12-27-24(34)17-6-8-18(9-7-17)31(2)3/h6-9,11,13,16H,4-5,10,12,14H2,1-3H3,(H2,25,33)(H,27,34)(H,28,29). The normalized spacial score (nSPS) is 15.5. The van der Waals surface area contributed by atoms with Gasteiger partial charge in [0.2, 0.25) is 0 Å². The number of piperidine rings is 1. The van der Waals surface area contributed by atoms with E-state index in [4.69, 9.17) is 5.73 Å². The van der Waals surface area contributed by atoms with Gasteiger partial charge in [0.1, 0.15) is 10.8 Å². The van der Waals surface area contributed by atoms with Gasteiger partial charge in [-0.2, -0.15) is 4.37 Å². The van der Waals surface area contributed by atoms with Crippen molar-refractivity contribution in [2.75, 3.05) is 48.8 Å². The molecule has 1 atom stereocenters. The summed E-state index contributed by atoms with van der Waals surface area (Å²) in [7, 11) is 3.93. The molecule has 184 valence electrons. The number of benzene rings is 1. The van der Waals surface area contributed by atoms with Gasteiger partial charge < -0.3 is 26.2 Å². The molecular formula is C24H30N8O2S. The molecule has 2 amide bonds. The molecule has 1 unspecified atom stereocenters. The maximum atomic E-state index is 12.6. The largest absolute Gasteiger partial charge is 0.378 e. The van der Waals surface area contributed by atoms with E-state index in [9.17, 15) is 9.59 Å². The van der Waals surface area contributed by atoms with Crippen LogP contribution in [0.25, 0.3) is 0 Å². The molecule has 35 heavy (non-hydrogen) atoms. The Morgan fingerprint density at radius 2 is 2.03 bits per heavy atom. The molecule has 3 aromatic rings. The number of carbonyl (C=O) groups excluding carboxylic acids is 2. The van der Waals surface area contributed by atoms with Crippen LogP contribution in [0.4, 0.5) is 22.3 Å². The van der Waals surface area contributed by atoms with Crippen LogP contribution in [0.15, 0.2) is 36.5 Å². The minimum Gasteiger partial charge on any atom is -0.378 e. The highest BCUT2D eigenvalue weighted by molar-refractivity contribution is 7.10. The molecule has 1 saturated heterocycles. The highest BCUT2D eigenvalue weighted by Gasteiger charge is 2.24. The van der Waals surface area contributed by atoms with Gasteiger partial charge in [-0.25, -0.2) is 9.97 Å². The number of anilines is 4. The van der Waals surface area contributed by atoms with Crippen molar-refractivity contribution in [1.82, 2.24) is 19.7 Å². The van der Waals surface area contributed by atoms with Gasteiger partial charge in [0.15, 0.2) is 11.5 Å². The molecule has 11 heteroatoms. The van der Waals surface area contributed by atoms with Gasteiger partial charge >= 0.3 is 0 Å². The molecule has 0 spiro atoms. The molecule has 4 N–H and O–H groups in total. The Labute approximate surface area is 208 Å². The maximum Gasteiger partial charge on any atom is 0.271 e. The Hall–Kier alpha value is -3.73. The highest BCUT2D eigenvalue weighted by atomic mass is 32.1. The van der Waals surface area contributed by atoms with E-state index in [1.807, 2.05) is 56.3 Å². The lowest BCUT2D eigenvalue weighted by Crippen LogP contribution is -2.41. The second-order valence-electron chi connectivity index (χ2n) is 8.85. The molecular weight excluding hydrogens is 464 g/mol. The Balaban J connectivity index is 1.41. The SMILES string of the molecule is Cc1cc(Nc2nc(N3CCCC(CNC(=O)c4ccc(N(C)C)cc4)C3)cnc2C(N)=O)sn1. The first-order valence-electron chi connectivity index (χ1n) is 11.5. The minimum absolute atomic E-state index is 0.0793.